The first kappa shape index (κ1) is 24.5. The molecule has 0 unspecified atom stereocenters. The van der Waals surface area contributed by atoms with Crippen LogP contribution in [-0.4, -0.2) is 49.6 Å². The van der Waals surface area contributed by atoms with Crippen molar-refractivity contribution in [1.82, 2.24) is 10.3 Å². The van der Waals surface area contributed by atoms with Gasteiger partial charge in [0, 0.05) is 42.1 Å². The van der Waals surface area contributed by atoms with Crippen LogP contribution in [0.4, 0.5) is 11.5 Å². The number of para-hydroxylation sites is 1. The molecule has 2 aliphatic rings. The van der Waals surface area contributed by atoms with E-state index in [9.17, 15) is 9.59 Å². The Kier molecular flexibility index (Phi) is 6.81. The minimum Gasteiger partial charge on any atom is -0.384 e. The van der Waals surface area contributed by atoms with Crippen molar-refractivity contribution in [3.05, 3.63) is 64.7 Å². The van der Waals surface area contributed by atoms with Gasteiger partial charge in [-0.25, -0.2) is 4.98 Å². The quantitative estimate of drug-likeness (QED) is 0.452. The molecule has 1 aromatic carbocycles. The zero-order valence-corrected chi connectivity index (χ0v) is 21.8. The van der Waals surface area contributed by atoms with Gasteiger partial charge in [0.2, 0.25) is 0 Å². The van der Waals surface area contributed by atoms with E-state index in [1.165, 1.54) is 11.3 Å². The van der Waals surface area contributed by atoms with Crippen molar-refractivity contribution in [3.63, 3.8) is 0 Å². The summed E-state index contributed by atoms with van der Waals surface area (Å²) in [5.74, 6) is 0.533. The normalized spacial score (nSPS) is 15.0. The first-order valence-electron chi connectivity index (χ1n) is 12.4. The molecule has 2 N–H and O–H groups in total. The first-order chi connectivity index (χ1) is 17.3. The van der Waals surface area contributed by atoms with Crippen LogP contribution in [-0.2, 0) is 11.2 Å². The Morgan fingerprint density at radius 2 is 1.97 bits per heavy atom. The van der Waals surface area contributed by atoms with Crippen LogP contribution in [0.2, 0.25) is 0 Å². The van der Waals surface area contributed by atoms with Crippen LogP contribution in [0, 0.1) is 5.41 Å². The highest BCUT2D eigenvalue weighted by Crippen LogP contribution is 2.42. The number of hydrogen-bond donors (Lipinski definition) is 2. The van der Waals surface area contributed by atoms with Crippen molar-refractivity contribution in [3.8, 4) is 10.4 Å². The lowest BCUT2D eigenvalue weighted by Gasteiger charge is -2.25. The number of carbonyl (C=O) groups excluding carboxylic acids is 2. The molecule has 188 valence electrons. The Morgan fingerprint density at radius 3 is 2.75 bits per heavy atom. The molecule has 3 heterocycles. The molecule has 7 nitrogen and oxygen atoms in total. The number of benzene rings is 1. The standard InChI is InChI=1S/C28H32N4O3S/c1-28(2,17-35-3)16-29-24-10-6-8-21(31-24)27(34)32-14-13-18-15-23(26(33)30-19-11-12-19)36-25(18)20-7-4-5-9-22(20)32/h4-10,15,19H,11-14,16-17H2,1-3H3,(H,29,31)(H,30,33). The summed E-state index contributed by atoms with van der Waals surface area (Å²) in [4.78, 5) is 34.6. The van der Waals surface area contributed by atoms with Gasteiger partial charge in [0.15, 0.2) is 0 Å². The van der Waals surface area contributed by atoms with Crippen molar-refractivity contribution in [1.29, 1.82) is 0 Å². The molecule has 5 rings (SSSR count). The number of pyridine rings is 1. The molecular weight excluding hydrogens is 472 g/mol. The largest absolute Gasteiger partial charge is 0.384 e. The van der Waals surface area contributed by atoms with E-state index in [1.54, 1.807) is 13.2 Å². The minimum atomic E-state index is -0.135. The monoisotopic (exact) mass is 504 g/mol. The molecule has 0 atom stereocenters. The lowest BCUT2D eigenvalue weighted by molar-refractivity contribution is 0.0952. The molecule has 8 heteroatoms. The fraction of sp³-hybridized carbons (Fsp3) is 0.393. The van der Waals surface area contributed by atoms with Gasteiger partial charge in [-0.2, -0.15) is 0 Å². The number of nitrogens with one attached hydrogen (secondary N) is 2. The second-order valence-electron chi connectivity index (χ2n) is 10.3. The molecule has 1 fully saturated rings. The number of amides is 2. The molecule has 3 aromatic rings. The van der Waals surface area contributed by atoms with Crippen molar-refractivity contribution < 1.29 is 14.3 Å². The molecule has 0 radical (unpaired) electrons. The van der Waals surface area contributed by atoms with Crippen molar-refractivity contribution in [2.75, 3.05) is 37.0 Å². The van der Waals surface area contributed by atoms with E-state index in [0.29, 0.717) is 43.7 Å². The highest BCUT2D eigenvalue weighted by atomic mass is 32.1. The third-order valence-electron chi connectivity index (χ3n) is 6.49. The summed E-state index contributed by atoms with van der Waals surface area (Å²) < 4.78 is 5.30. The lowest BCUT2D eigenvalue weighted by Crippen LogP contribution is -2.33. The van der Waals surface area contributed by atoms with Crippen LogP contribution in [0.5, 0.6) is 0 Å². The summed E-state index contributed by atoms with van der Waals surface area (Å²) in [5.41, 5.74) is 3.26. The van der Waals surface area contributed by atoms with E-state index in [4.69, 9.17) is 4.74 Å². The number of rotatable bonds is 8. The van der Waals surface area contributed by atoms with E-state index >= 15 is 0 Å². The van der Waals surface area contributed by atoms with Gasteiger partial charge in [-0.15, -0.1) is 11.3 Å². The molecule has 0 spiro atoms. The number of carbonyl (C=O) groups is 2. The molecule has 36 heavy (non-hydrogen) atoms. The predicted octanol–water partition coefficient (Wildman–Crippen LogP) is 4.99. The van der Waals surface area contributed by atoms with Gasteiger partial charge in [-0.05, 0) is 49.1 Å². The molecular formula is C28H32N4O3S. The maximum Gasteiger partial charge on any atom is 0.276 e. The number of aromatic nitrogens is 1. The average Bonchev–Trinajstić information content (AvgIpc) is 3.61. The number of nitrogens with zero attached hydrogens (tertiary/aromatic N) is 2. The lowest BCUT2D eigenvalue weighted by atomic mass is 9.95. The van der Waals surface area contributed by atoms with E-state index in [2.05, 4.69) is 29.5 Å². The third-order valence-corrected chi connectivity index (χ3v) is 7.70. The van der Waals surface area contributed by atoms with E-state index < -0.39 is 0 Å². The minimum absolute atomic E-state index is 0.00294. The van der Waals surface area contributed by atoms with Crippen molar-refractivity contribution in [2.24, 2.45) is 5.41 Å². The number of ether oxygens (including phenoxy) is 1. The number of methoxy groups -OCH3 is 1. The van der Waals surface area contributed by atoms with Crippen LogP contribution < -0.4 is 15.5 Å². The highest BCUT2D eigenvalue weighted by molar-refractivity contribution is 7.17. The third kappa shape index (κ3) is 5.29. The van der Waals surface area contributed by atoms with Crippen LogP contribution in [0.15, 0.2) is 48.5 Å². The molecule has 2 aromatic heterocycles. The van der Waals surface area contributed by atoms with Gasteiger partial charge >= 0.3 is 0 Å². The molecule has 0 saturated heterocycles. The van der Waals surface area contributed by atoms with Gasteiger partial charge in [-0.1, -0.05) is 38.1 Å². The second kappa shape index (κ2) is 10.0. The Hall–Kier alpha value is -3.23. The zero-order chi connectivity index (χ0) is 25.3. The first-order valence-corrected chi connectivity index (χ1v) is 13.2. The summed E-state index contributed by atoms with van der Waals surface area (Å²) >= 11 is 1.51. The van der Waals surface area contributed by atoms with E-state index in [0.717, 1.165) is 39.4 Å². The maximum absolute atomic E-state index is 13.7. The average molecular weight is 505 g/mol. The summed E-state index contributed by atoms with van der Waals surface area (Å²) in [5, 5.41) is 6.43. The Bertz CT molecular complexity index is 1280. The summed E-state index contributed by atoms with van der Waals surface area (Å²) in [6.45, 7) is 6.05. The number of fused-ring (bicyclic) bond motifs is 3. The SMILES string of the molecule is COCC(C)(C)CNc1cccc(C(=O)N2CCc3cc(C(=O)NC4CC4)sc3-c3ccccc32)n1. The topological polar surface area (TPSA) is 83.6 Å². The highest BCUT2D eigenvalue weighted by Gasteiger charge is 2.30. The Labute approximate surface area is 215 Å². The maximum atomic E-state index is 13.7. The zero-order valence-electron chi connectivity index (χ0n) is 21.0. The fourth-order valence-corrected chi connectivity index (χ4v) is 5.61. The van der Waals surface area contributed by atoms with Crippen LogP contribution in [0.25, 0.3) is 10.4 Å². The number of anilines is 2. The Morgan fingerprint density at radius 1 is 1.17 bits per heavy atom. The van der Waals surface area contributed by atoms with Crippen molar-refractivity contribution in [2.45, 2.75) is 39.2 Å². The van der Waals surface area contributed by atoms with E-state index in [-0.39, 0.29) is 17.2 Å². The number of thiophene rings is 1. The molecule has 1 aliphatic carbocycles. The van der Waals surface area contributed by atoms with Crippen LogP contribution in [0.1, 0.15) is 52.4 Å². The molecule has 2 amide bonds. The van der Waals surface area contributed by atoms with Crippen molar-refractivity contribution >= 4 is 34.7 Å². The summed E-state index contributed by atoms with van der Waals surface area (Å²) in [7, 11) is 1.70. The van der Waals surface area contributed by atoms with E-state index in [1.807, 2.05) is 47.4 Å². The van der Waals surface area contributed by atoms with Gasteiger partial charge < -0.3 is 20.3 Å². The van der Waals surface area contributed by atoms with Gasteiger partial charge in [0.25, 0.3) is 11.8 Å². The summed E-state index contributed by atoms with van der Waals surface area (Å²) in [6.07, 6.45) is 2.80. The Balaban J connectivity index is 1.39. The van der Waals surface area contributed by atoms with Crippen LogP contribution in [0.3, 0.4) is 0 Å². The van der Waals surface area contributed by atoms with Gasteiger partial charge in [-0.3, -0.25) is 9.59 Å². The molecule has 0 bridgehead atoms. The predicted molar refractivity (Wildman–Crippen MR) is 144 cm³/mol. The smallest absolute Gasteiger partial charge is 0.276 e. The molecule has 1 saturated carbocycles. The van der Waals surface area contributed by atoms with Gasteiger partial charge in [0.05, 0.1) is 17.2 Å². The summed E-state index contributed by atoms with van der Waals surface area (Å²) in [6, 6.07) is 15.7. The second-order valence-corrected chi connectivity index (χ2v) is 11.3. The van der Waals surface area contributed by atoms with Crippen LogP contribution >= 0.6 is 11.3 Å². The number of hydrogen-bond acceptors (Lipinski definition) is 6. The van der Waals surface area contributed by atoms with Gasteiger partial charge in [0.1, 0.15) is 11.5 Å². The molecule has 1 aliphatic heterocycles. The fourth-order valence-electron chi connectivity index (χ4n) is 4.47.